The van der Waals surface area contributed by atoms with Crippen LogP contribution in [0, 0.1) is 0 Å². The minimum Gasteiger partial charge on any atom is -0.396 e. The summed E-state index contributed by atoms with van der Waals surface area (Å²) < 4.78 is 4.31. The van der Waals surface area contributed by atoms with E-state index in [0.717, 1.165) is 22.7 Å². The van der Waals surface area contributed by atoms with Crippen LogP contribution in [-0.2, 0) is 6.54 Å². The quantitative estimate of drug-likeness (QED) is 0.776. The minimum absolute atomic E-state index is 0.221. The predicted molar refractivity (Wildman–Crippen MR) is 87.4 cm³/mol. The molecule has 0 fully saturated rings. The second-order valence-electron chi connectivity index (χ2n) is 4.68. The molecule has 3 N–H and O–H groups in total. The molecule has 22 heavy (non-hydrogen) atoms. The Hall–Kier alpha value is -2.73. The van der Waals surface area contributed by atoms with Gasteiger partial charge in [0.25, 0.3) is 5.91 Å². The summed E-state index contributed by atoms with van der Waals surface area (Å²) in [5.74, 6) is -0.221. The first-order valence-electron chi connectivity index (χ1n) is 6.73. The minimum atomic E-state index is -0.221. The van der Waals surface area contributed by atoms with E-state index in [1.54, 1.807) is 12.4 Å². The lowest BCUT2D eigenvalue weighted by Gasteiger charge is -2.04. The number of nitrogens with one attached hydrogen (secondary N) is 1. The summed E-state index contributed by atoms with van der Waals surface area (Å²) in [4.78, 5) is 16.7. The van der Waals surface area contributed by atoms with Crippen LogP contribution in [0.25, 0.3) is 11.3 Å². The highest BCUT2D eigenvalue weighted by atomic mass is 32.1. The van der Waals surface area contributed by atoms with Crippen molar-refractivity contribution in [3.63, 3.8) is 0 Å². The molecule has 0 unspecified atom stereocenters. The molecule has 5 nitrogen and oxygen atoms in total. The molecule has 6 heteroatoms. The lowest BCUT2D eigenvalue weighted by molar-refractivity contribution is 0.0956. The van der Waals surface area contributed by atoms with Gasteiger partial charge in [-0.05, 0) is 23.2 Å². The van der Waals surface area contributed by atoms with Gasteiger partial charge in [-0.25, -0.2) is 0 Å². The lowest BCUT2D eigenvalue weighted by atomic mass is 10.1. The van der Waals surface area contributed by atoms with E-state index >= 15 is 0 Å². The molecule has 0 saturated heterocycles. The summed E-state index contributed by atoms with van der Waals surface area (Å²) in [5.41, 5.74) is 8.98. The maximum atomic E-state index is 12.2. The number of nitrogens with zero attached hydrogens (tertiary/aromatic N) is 2. The van der Waals surface area contributed by atoms with Crippen molar-refractivity contribution in [2.75, 3.05) is 5.73 Å². The molecule has 0 aliphatic rings. The molecule has 0 saturated carbocycles. The zero-order valence-electron chi connectivity index (χ0n) is 11.7. The van der Waals surface area contributed by atoms with E-state index in [0.29, 0.717) is 22.8 Å². The van der Waals surface area contributed by atoms with Crippen LogP contribution in [0.3, 0.4) is 0 Å². The lowest BCUT2D eigenvalue weighted by Crippen LogP contribution is -2.22. The molecule has 2 aromatic heterocycles. The van der Waals surface area contributed by atoms with Crippen molar-refractivity contribution < 1.29 is 4.79 Å². The number of nitrogens with two attached hydrogens (primary N) is 1. The van der Waals surface area contributed by atoms with Crippen molar-refractivity contribution in [2.24, 2.45) is 0 Å². The molecule has 0 spiro atoms. The van der Waals surface area contributed by atoms with Crippen LogP contribution in [0.4, 0.5) is 5.69 Å². The van der Waals surface area contributed by atoms with Crippen molar-refractivity contribution in [1.29, 1.82) is 0 Å². The molecule has 1 aromatic carbocycles. The number of anilines is 1. The third-order valence-electron chi connectivity index (χ3n) is 3.16. The molecule has 3 rings (SSSR count). The number of benzene rings is 1. The molecule has 0 aliphatic carbocycles. The van der Waals surface area contributed by atoms with Crippen LogP contribution in [0.2, 0.25) is 0 Å². The molecule has 0 radical (unpaired) electrons. The number of carbonyl (C=O) groups is 1. The fourth-order valence-corrected chi connectivity index (χ4v) is 2.77. The zero-order chi connectivity index (χ0) is 15.4. The Bertz CT molecular complexity index is 771. The Labute approximate surface area is 132 Å². The van der Waals surface area contributed by atoms with Gasteiger partial charge in [-0.1, -0.05) is 36.4 Å². The first kappa shape index (κ1) is 14.2. The van der Waals surface area contributed by atoms with E-state index in [1.807, 2.05) is 42.5 Å². The van der Waals surface area contributed by atoms with E-state index in [2.05, 4.69) is 14.7 Å². The Kier molecular flexibility index (Phi) is 4.11. The number of hydrogen-bond acceptors (Lipinski definition) is 5. The number of pyridine rings is 1. The van der Waals surface area contributed by atoms with Gasteiger partial charge in [0.05, 0.1) is 5.69 Å². The van der Waals surface area contributed by atoms with E-state index in [9.17, 15) is 4.79 Å². The summed E-state index contributed by atoms with van der Waals surface area (Å²) >= 11 is 1.11. The molecular weight excluding hydrogens is 296 g/mol. The molecule has 110 valence electrons. The maximum absolute atomic E-state index is 12.2. The van der Waals surface area contributed by atoms with Gasteiger partial charge >= 0.3 is 0 Å². The largest absolute Gasteiger partial charge is 0.396 e. The number of rotatable bonds is 4. The van der Waals surface area contributed by atoms with Crippen LogP contribution in [0.15, 0.2) is 54.9 Å². The molecule has 0 atom stereocenters. The first-order chi connectivity index (χ1) is 10.8. The van der Waals surface area contributed by atoms with E-state index in [-0.39, 0.29) is 5.91 Å². The Morgan fingerprint density at radius 2 is 2.00 bits per heavy atom. The zero-order valence-corrected chi connectivity index (χ0v) is 12.5. The average molecular weight is 310 g/mol. The summed E-state index contributed by atoms with van der Waals surface area (Å²) in [6.07, 6.45) is 3.41. The van der Waals surface area contributed by atoms with Gasteiger partial charge in [0.1, 0.15) is 10.6 Å². The van der Waals surface area contributed by atoms with Crippen LogP contribution < -0.4 is 11.1 Å². The van der Waals surface area contributed by atoms with E-state index < -0.39 is 0 Å². The van der Waals surface area contributed by atoms with Gasteiger partial charge in [0, 0.05) is 24.5 Å². The van der Waals surface area contributed by atoms with Crippen LogP contribution >= 0.6 is 11.5 Å². The van der Waals surface area contributed by atoms with Gasteiger partial charge in [0.2, 0.25) is 0 Å². The van der Waals surface area contributed by atoms with Crippen LogP contribution in [-0.4, -0.2) is 15.3 Å². The molecular formula is C16H14N4OS. The molecule has 3 aromatic rings. The molecule has 0 aliphatic heterocycles. The number of carbonyl (C=O) groups excluding carboxylic acids is 1. The predicted octanol–water partition coefficient (Wildman–Crippen LogP) is 2.72. The molecule has 2 heterocycles. The smallest absolute Gasteiger partial charge is 0.265 e. The maximum Gasteiger partial charge on any atom is 0.265 e. The number of aromatic nitrogens is 2. The molecule has 0 bridgehead atoms. The highest BCUT2D eigenvalue weighted by Crippen LogP contribution is 2.30. The SMILES string of the molecule is Nc1c(-c2ccccc2)nsc1C(=O)NCc1cccnc1. The number of hydrogen-bond donors (Lipinski definition) is 2. The van der Waals surface area contributed by atoms with Gasteiger partial charge in [0.15, 0.2) is 0 Å². The highest BCUT2D eigenvalue weighted by molar-refractivity contribution is 7.09. The third kappa shape index (κ3) is 2.96. The summed E-state index contributed by atoms with van der Waals surface area (Å²) in [5, 5.41) is 2.83. The van der Waals surface area contributed by atoms with Gasteiger partial charge in [-0.3, -0.25) is 9.78 Å². The monoisotopic (exact) mass is 310 g/mol. The van der Waals surface area contributed by atoms with Gasteiger partial charge in [-0.15, -0.1) is 0 Å². The van der Waals surface area contributed by atoms with E-state index in [1.165, 1.54) is 0 Å². The molecule has 1 amide bonds. The number of amides is 1. The normalized spacial score (nSPS) is 10.4. The Morgan fingerprint density at radius 3 is 2.73 bits per heavy atom. The topological polar surface area (TPSA) is 80.9 Å². The van der Waals surface area contributed by atoms with Gasteiger partial charge in [-0.2, -0.15) is 4.37 Å². The third-order valence-corrected chi connectivity index (χ3v) is 4.02. The van der Waals surface area contributed by atoms with Crippen molar-refractivity contribution in [2.45, 2.75) is 6.54 Å². The standard InChI is InChI=1S/C16H14N4OS/c17-13-14(12-6-2-1-3-7-12)20-22-15(13)16(21)19-10-11-5-4-8-18-9-11/h1-9H,10,17H2,(H,19,21). The van der Waals surface area contributed by atoms with Crippen LogP contribution in [0.1, 0.15) is 15.2 Å². The second kappa shape index (κ2) is 6.36. The Morgan fingerprint density at radius 1 is 1.18 bits per heavy atom. The second-order valence-corrected chi connectivity index (χ2v) is 5.46. The van der Waals surface area contributed by atoms with E-state index in [4.69, 9.17) is 5.73 Å². The van der Waals surface area contributed by atoms with Gasteiger partial charge < -0.3 is 11.1 Å². The van der Waals surface area contributed by atoms with Crippen molar-refractivity contribution in [3.8, 4) is 11.3 Å². The average Bonchev–Trinajstić information content (AvgIpc) is 2.96. The van der Waals surface area contributed by atoms with Crippen molar-refractivity contribution >= 4 is 23.1 Å². The fraction of sp³-hybridized carbons (Fsp3) is 0.0625. The summed E-state index contributed by atoms with van der Waals surface area (Å²) in [7, 11) is 0. The van der Waals surface area contributed by atoms with Crippen molar-refractivity contribution in [1.82, 2.24) is 14.7 Å². The Balaban J connectivity index is 1.75. The highest BCUT2D eigenvalue weighted by Gasteiger charge is 2.18. The van der Waals surface area contributed by atoms with Crippen molar-refractivity contribution in [3.05, 3.63) is 65.3 Å². The van der Waals surface area contributed by atoms with Crippen LogP contribution in [0.5, 0.6) is 0 Å². The fourth-order valence-electron chi connectivity index (χ4n) is 2.03. The number of nitrogen functional groups attached to an aromatic ring is 1. The summed E-state index contributed by atoms with van der Waals surface area (Å²) in [6, 6.07) is 13.3. The summed E-state index contributed by atoms with van der Waals surface area (Å²) in [6.45, 7) is 0.407. The first-order valence-corrected chi connectivity index (χ1v) is 7.50.